The maximum Gasteiger partial charge on any atom is 0.353 e. The SMILES string of the molecule is O=[N+]([O-])c1c(NCc2ccc(F)cc2)ncnc1N1CCOCC1. The summed E-state index contributed by atoms with van der Waals surface area (Å²) in [6, 6.07) is 5.89. The number of morpholine rings is 1. The zero-order valence-electron chi connectivity index (χ0n) is 12.8. The molecule has 9 heteroatoms. The summed E-state index contributed by atoms with van der Waals surface area (Å²) in [6.07, 6.45) is 1.30. The van der Waals surface area contributed by atoms with Gasteiger partial charge in [-0.15, -0.1) is 0 Å². The smallest absolute Gasteiger partial charge is 0.353 e. The van der Waals surface area contributed by atoms with Crippen LogP contribution in [0.25, 0.3) is 0 Å². The summed E-state index contributed by atoms with van der Waals surface area (Å²) in [6.45, 7) is 2.37. The molecule has 2 aromatic rings. The van der Waals surface area contributed by atoms with Crippen molar-refractivity contribution >= 4 is 17.3 Å². The van der Waals surface area contributed by atoms with E-state index in [2.05, 4.69) is 15.3 Å². The molecule has 0 spiro atoms. The van der Waals surface area contributed by atoms with E-state index >= 15 is 0 Å². The minimum Gasteiger partial charge on any atom is -0.378 e. The molecule has 1 fully saturated rings. The van der Waals surface area contributed by atoms with Gasteiger partial charge in [0, 0.05) is 19.6 Å². The molecule has 0 amide bonds. The van der Waals surface area contributed by atoms with Crippen molar-refractivity contribution in [3.8, 4) is 0 Å². The second-order valence-corrected chi connectivity index (χ2v) is 5.23. The first-order chi connectivity index (χ1) is 11.6. The first-order valence-electron chi connectivity index (χ1n) is 7.45. The highest BCUT2D eigenvalue weighted by atomic mass is 19.1. The van der Waals surface area contributed by atoms with Gasteiger partial charge >= 0.3 is 5.69 Å². The molecule has 0 unspecified atom stereocenters. The molecule has 0 atom stereocenters. The second kappa shape index (κ2) is 7.18. The van der Waals surface area contributed by atoms with Gasteiger partial charge in [-0.1, -0.05) is 12.1 Å². The lowest BCUT2D eigenvalue weighted by atomic mass is 10.2. The third kappa shape index (κ3) is 3.57. The Kier molecular flexibility index (Phi) is 4.80. The van der Waals surface area contributed by atoms with Gasteiger partial charge in [-0.3, -0.25) is 10.1 Å². The number of ether oxygens (including phenoxy) is 1. The van der Waals surface area contributed by atoms with Crippen molar-refractivity contribution in [1.29, 1.82) is 0 Å². The highest BCUT2D eigenvalue weighted by Crippen LogP contribution is 2.32. The number of halogens is 1. The van der Waals surface area contributed by atoms with Crippen molar-refractivity contribution in [2.75, 3.05) is 36.5 Å². The van der Waals surface area contributed by atoms with E-state index in [-0.39, 0.29) is 23.1 Å². The van der Waals surface area contributed by atoms with Crippen LogP contribution in [0.1, 0.15) is 5.56 Å². The van der Waals surface area contributed by atoms with Gasteiger partial charge in [-0.2, -0.15) is 0 Å². The third-order valence-corrected chi connectivity index (χ3v) is 3.67. The number of nitrogens with zero attached hydrogens (tertiary/aromatic N) is 4. The summed E-state index contributed by atoms with van der Waals surface area (Å²) in [5, 5.41) is 14.5. The normalized spacial score (nSPS) is 14.5. The Balaban J connectivity index is 1.83. The van der Waals surface area contributed by atoms with Crippen LogP contribution in [-0.4, -0.2) is 41.2 Å². The molecule has 2 heterocycles. The van der Waals surface area contributed by atoms with Crippen LogP contribution in [0.5, 0.6) is 0 Å². The van der Waals surface area contributed by atoms with E-state index in [4.69, 9.17) is 4.74 Å². The average molecular weight is 333 g/mol. The molecule has 0 saturated carbocycles. The number of hydrogen-bond donors (Lipinski definition) is 1. The van der Waals surface area contributed by atoms with Crippen molar-refractivity contribution in [1.82, 2.24) is 9.97 Å². The highest BCUT2D eigenvalue weighted by molar-refractivity contribution is 5.70. The predicted molar refractivity (Wildman–Crippen MR) is 85.4 cm³/mol. The standard InChI is InChI=1S/C15H16FN5O3/c16-12-3-1-11(2-4-12)9-17-14-13(21(22)23)15(19-10-18-14)20-5-7-24-8-6-20/h1-4,10H,5-9H2,(H,17,18,19). The summed E-state index contributed by atoms with van der Waals surface area (Å²) in [4.78, 5) is 20.9. The van der Waals surface area contributed by atoms with Gasteiger partial charge in [0.1, 0.15) is 12.1 Å². The molecule has 1 aliphatic heterocycles. The zero-order chi connectivity index (χ0) is 16.9. The van der Waals surface area contributed by atoms with E-state index in [1.165, 1.54) is 18.5 Å². The van der Waals surface area contributed by atoms with Gasteiger partial charge in [-0.05, 0) is 17.7 Å². The zero-order valence-corrected chi connectivity index (χ0v) is 12.8. The van der Waals surface area contributed by atoms with E-state index in [0.717, 1.165) is 5.56 Å². The van der Waals surface area contributed by atoms with Crippen LogP contribution in [0, 0.1) is 15.9 Å². The Bertz CT molecular complexity index is 720. The molecule has 126 valence electrons. The molecular weight excluding hydrogens is 317 g/mol. The molecule has 1 saturated heterocycles. The van der Waals surface area contributed by atoms with Crippen LogP contribution in [-0.2, 0) is 11.3 Å². The molecule has 24 heavy (non-hydrogen) atoms. The van der Waals surface area contributed by atoms with E-state index in [9.17, 15) is 14.5 Å². The van der Waals surface area contributed by atoms with Gasteiger partial charge < -0.3 is 15.0 Å². The van der Waals surface area contributed by atoms with Crippen LogP contribution in [0.4, 0.5) is 21.7 Å². The summed E-state index contributed by atoms with van der Waals surface area (Å²) in [5.41, 5.74) is 0.624. The third-order valence-electron chi connectivity index (χ3n) is 3.67. The Labute approximate surface area is 137 Å². The van der Waals surface area contributed by atoms with Gasteiger partial charge in [0.05, 0.1) is 18.1 Å². The number of anilines is 2. The number of aromatic nitrogens is 2. The second-order valence-electron chi connectivity index (χ2n) is 5.23. The molecule has 0 bridgehead atoms. The van der Waals surface area contributed by atoms with E-state index < -0.39 is 4.92 Å². The maximum absolute atomic E-state index is 12.9. The fourth-order valence-corrected chi connectivity index (χ4v) is 2.46. The van der Waals surface area contributed by atoms with Crippen molar-refractivity contribution in [3.63, 3.8) is 0 Å². The van der Waals surface area contributed by atoms with Gasteiger partial charge in [0.25, 0.3) is 0 Å². The fourth-order valence-electron chi connectivity index (χ4n) is 2.46. The van der Waals surface area contributed by atoms with Gasteiger partial charge in [-0.25, -0.2) is 14.4 Å². The highest BCUT2D eigenvalue weighted by Gasteiger charge is 2.27. The number of nitrogens with one attached hydrogen (secondary N) is 1. The summed E-state index contributed by atoms with van der Waals surface area (Å²) in [5.74, 6) is 0.0853. The fraction of sp³-hybridized carbons (Fsp3) is 0.333. The topological polar surface area (TPSA) is 93.4 Å². The van der Waals surface area contributed by atoms with Gasteiger partial charge in [0.2, 0.25) is 11.6 Å². The predicted octanol–water partition coefficient (Wildman–Crippen LogP) is 1.97. The Hall–Kier alpha value is -2.81. The molecule has 0 radical (unpaired) electrons. The summed E-state index contributed by atoms with van der Waals surface area (Å²) >= 11 is 0. The average Bonchev–Trinajstić information content (AvgIpc) is 2.61. The Morgan fingerprint density at radius 3 is 2.62 bits per heavy atom. The van der Waals surface area contributed by atoms with Crippen molar-refractivity contribution in [3.05, 3.63) is 52.1 Å². The lowest BCUT2D eigenvalue weighted by Crippen LogP contribution is -2.37. The van der Waals surface area contributed by atoms with E-state index in [0.29, 0.717) is 32.8 Å². The van der Waals surface area contributed by atoms with Crippen LogP contribution >= 0.6 is 0 Å². The van der Waals surface area contributed by atoms with Crippen LogP contribution in [0.2, 0.25) is 0 Å². The Morgan fingerprint density at radius 2 is 1.96 bits per heavy atom. The molecule has 1 aliphatic rings. The summed E-state index contributed by atoms with van der Waals surface area (Å²) in [7, 11) is 0. The monoisotopic (exact) mass is 333 g/mol. The number of rotatable bonds is 5. The molecule has 8 nitrogen and oxygen atoms in total. The molecule has 0 aliphatic carbocycles. The van der Waals surface area contributed by atoms with E-state index in [1.54, 1.807) is 12.1 Å². The van der Waals surface area contributed by atoms with Crippen LogP contribution < -0.4 is 10.2 Å². The number of benzene rings is 1. The quantitative estimate of drug-likeness (QED) is 0.660. The number of nitro groups is 1. The minimum atomic E-state index is -0.488. The molecule has 1 aromatic carbocycles. The first-order valence-corrected chi connectivity index (χ1v) is 7.45. The van der Waals surface area contributed by atoms with Crippen LogP contribution in [0.15, 0.2) is 30.6 Å². The largest absolute Gasteiger partial charge is 0.378 e. The molecule has 1 N–H and O–H groups in total. The van der Waals surface area contributed by atoms with Crippen molar-refractivity contribution in [2.45, 2.75) is 6.54 Å². The number of hydrogen-bond acceptors (Lipinski definition) is 7. The van der Waals surface area contributed by atoms with Crippen molar-refractivity contribution in [2.24, 2.45) is 0 Å². The lowest BCUT2D eigenvalue weighted by molar-refractivity contribution is -0.383. The maximum atomic E-state index is 12.9. The first kappa shape index (κ1) is 16.1. The van der Waals surface area contributed by atoms with Crippen LogP contribution in [0.3, 0.4) is 0 Å². The minimum absolute atomic E-state index is 0.140. The molecule has 1 aromatic heterocycles. The molecular formula is C15H16FN5O3. The van der Waals surface area contributed by atoms with Gasteiger partial charge in [0.15, 0.2) is 0 Å². The molecule has 3 rings (SSSR count). The van der Waals surface area contributed by atoms with Crippen molar-refractivity contribution < 1.29 is 14.1 Å². The Morgan fingerprint density at radius 1 is 1.25 bits per heavy atom. The summed E-state index contributed by atoms with van der Waals surface area (Å²) < 4.78 is 18.2. The lowest BCUT2D eigenvalue weighted by Gasteiger charge is -2.27. The van der Waals surface area contributed by atoms with E-state index in [1.807, 2.05) is 4.90 Å².